The SMILES string of the molecule is CCN1CCC(CNC(=O)C(C)C(C)N)C1.Cl.Cl. The minimum absolute atomic E-state index is 0. The molecule has 0 aromatic carbocycles. The highest BCUT2D eigenvalue weighted by Crippen LogP contribution is 2.14. The van der Waals surface area contributed by atoms with Crippen molar-refractivity contribution < 1.29 is 4.79 Å². The van der Waals surface area contributed by atoms with Gasteiger partial charge in [-0.1, -0.05) is 13.8 Å². The van der Waals surface area contributed by atoms with Crippen LogP contribution in [-0.2, 0) is 4.79 Å². The molecule has 1 amide bonds. The van der Waals surface area contributed by atoms with Crippen LogP contribution in [0.4, 0.5) is 0 Å². The van der Waals surface area contributed by atoms with Gasteiger partial charge in [-0.3, -0.25) is 4.79 Å². The van der Waals surface area contributed by atoms with Crippen LogP contribution in [0.1, 0.15) is 27.2 Å². The number of nitrogens with zero attached hydrogens (tertiary/aromatic N) is 1. The third kappa shape index (κ3) is 6.23. The topological polar surface area (TPSA) is 58.4 Å². The highest BCUT2D eigenvalue weighted by atomic mass is 35.5. The molecule has 3 N–H and O–H groups in total. The number of amides is 1. The Labute approximate surface area is 123 Å². The zero-order valence-corrected chi connectivity index (χ0v) is 13.1. The van der Waals surface area contributed by atoms with Crippen LogP contribution in [0, 0.1) is 11.8 Å². The average Bonchev–Trinajstić information content (AvgIpc) is 2.72. The van der Waals surface area contributed by atoms with Gasteiger partial charge in [0.2, 0.25) is 5.91 Å². The number of carbonyl (C=O) groups is 1. The zero-order chi connectivity index (χ0) is 12.1. The molecule has 0 aromatic heterocycles. The molecular formula is C12H27Cl2N3O. The van der Waals surface area contributed by atoms with Crippen LogP contribution in [0.15, 0.2) is 0 Å². The molecule has 4 nitrogen and oxygen atoms in total. The van der Waals surface area contributed by atoms with Crippen molar-refractivity contribution in [3.8, 4) is 0 Å². The van der Waals surface area contributed by atoms with E-state index in [9.17, 15) is 4.79 Å². The summed E-state index contributed by atoms with van der Waals surface area (Å²) >= 11 is 0. The van der Waals surface area contributed by atoms with Crippen molar-refractivity contribution in [3.05, 3.63) is 0 Å². The number of carbonyl (C=O) groups excluding carboxylic acids is 1. The Morgan fingerprint density at radius 1 is 1.44 bits per heavy atom. The molecule has 18 heavy (non-hydrogen) atoms. The molecule has 3 unspecified atom stereocenters. The quantitative estimate of drug-likeness (QED) is 0.804. The van der Waals surface area contributed by atoms with Crippen molar-refractivity contribution in [1.82, 2.24) is 10.2 Å². The summed E-state index contributed by atoms with van der Waals surface area (Å²) in [6, 6.07) is -0.0734. The lowest BCUT2D eigenvalue weighted by atomic mass is 10.0. The first-order chi connectivity index (χ1) is 7.54. The normalized spacial score (nSPS) is 22.6. The van der Waals surface area contributed by atoms with Gasteiger partial charge in [0.25, 0.3) is 0 Å². The summed E-state index contributed by atoms with van der Waals surface area (Å²) in [5.74, 6) is 0.609. The Morgan fingerprint density at radius 3 is 2.50 bits per heavy atom. The van der Waals surface area contributed by atoms with Gasteiger partial charge in [-0.2, -0.15) is 0 Å². The van der Waals surface area contributed by atoms with Gasteiger partial charge in [0, 0.05) is 25.0 Å². The van der Waals surface area contributed by atoms with Crippen LogP contribution in [0.3, 0.4) is 0 Å². The first-order valence-electron chi connectivity index (χ1n) is 6.30. The summed E-state index contributed by atoms with van der Waals surface area (Å²) in [7, 11) is 0. The van der Waals surface area contributed by atoms with E-state index in [1.165, 1.54) is 13.0 Å². The molecule has 3 atom stereocenters. The molecule has 110 valence electrons. The number of nitrogens with two attached hydrogens (primary N) is 1. The smallest absolute Gasteiger partial charge is 0.224 e. The van der Waals surface area contributed by atoms with Gasteiger partial charge in [-0.25, -0.2) is 0 Å². The fourth-order valence-corrected chi connectivity index (χ4v) is 2.01. The predicted octanol–water partition coefficient (Wildman–Crippen LogP) is 1.27. The number of hydrogen-bond acceptors (Lipinski definition) is 3. The molecule has 0 aliphatic carbocycles. The minimum atomic E-state index is -0.0938. The fourth-order valence-electron chi connectivity index (χ4n) is 2.01. The Hall–Kier alpha value is -0.0300. The second kappa shape index (κ2) is 9.84. The van der Waals surface area contributed by atoms with Crippen LogP contribution in [0.5, 0.6) is 0 Å². The van der Waals surface area contributed by atoms with Gasteiger partial charge >= 0.3 is 0 Å². The number of hydrogen-bond donors (Lipinski definition) is 2. The van der Waals surface area contributed by atoms with E-state index in [2.05, 4.69) is 17.1 Å². The second-order valence-electron chi connectivity index (χ2n) is 4.94. The van der Waals surface area contributed by atoms with Crippen molar-refractivity contribution in [1.29, 1.82) is 0 Å². The molecule has 0 radical (unpaired) electrons. The van der Waals surface area contributed by atoms with E-state index in [-0.39, 0.29) is 42.7 Å². The molecule has 1 heterocycles. The van der Waals surface area contributed by atoms with Crippen LogP contribution >= 0.6 is 24.8 Å². The van der Waals surface area contributed by atoms with E-state index in [0.717, 1.165) is 19.6 Å². The van der Waals surface area contributed by atoms with E-state index in [1.807, 2.05) is 13.8 Å². The van der Waals surface area contributed by atoms with Gasteiger partial charge < -0.3 is 16.0 Å². The molecular weight excluding hydrogens is 273 g/mol. The average molecular weight is 300 g/mol. The lowest BCUT2D eigenvalue weighted by Gasteiger charge is -2.18. The lowest BCUT2D eigenvalue weighted by molar-refractivity contribution is -0.125. The van der Waals surface area contributed by atoms with Gasteiger partial charge in [-0.15, -0.1) is 24.8 Å². The summed E-state index contributed by atoms with van der Waals surface area (Å²) < 4.78 is 0. The standard InChI is InChI=1S/C12H25N3O.2ClH/c1-4-15-6-5-11(8-15)7-14-12(16)9(2)10(3)13;;/h9-11H,4-8,13H2,1-3H3,(H,14,16);2*1H. The highest BCUT2D eigenvalue weighted by molar-refractivity contribution is 5.85. The highest BCUT2D eigenvalue weighted by Gasteiger charge is 2.23. The maximum atomic E-state index is 11.7. The number of rotatable bonds is 5. The number of likely N-dealkylation sites (tertiary alicyclic amines) is 1. The van der Waals surface area contributed by atoms with Crippen LogP contribution < -0.4 is 11.1 Å². The van der Waals surface area contributed by atoms with E-state index in [1.54, 1.807) is 0 Å². The second-order valence-corrected chi connectivity index (χ2v) is 4.94. The minimum Gasteiger partial charge on any atom is -0.355 e. The maximum Gasteiger partial charge on any atom is 0.224 e. The molecule has 1 aliphatic rings. The summed E-state index contributed by atoms with van der Waals surface area (Å²) in [6.45, 7) is 10.1. The maximum absolute atomic E-state index is 11.7. The monoisotopic (exact) mass is 299 g/mol. The van der Waals surface area contributed by atoms with E-state index >= 15 is 0 Å². The van der Waals surface area contributed by atoms with Gasteiger partial charge in [-0.05, 0) is 32.4 Å². The first-order valence-corrected chi connectivity index (χ1v) is 6.30. The largest absolute Gasteiger partial charge is 0.355 e. The van der Waals surface area contributed by atoms with Gasteiger partial charge in [0.05, 0.1) is 0 Å². The number of nitrogens with one attached hydrogen (secondary N) is 1. The summed E-state index contributed by atoms with van der Waals surface area (Å²) in [6.07, 6.45) is 1.20. The Kier molecular flexibility index (Phi) is 11.1. The summed E-state index contributed by atoms with van der Waals surface area (Å²) in [5, 5.41) is 3.00. The van der Waals surface area contributed by atoms with Crippen LogP contribution in [0.25, 0.3) is 0 Å². The van der Waals surface area contributed by atoms with Crippen LogP contribution in [0.2, 0.25) is 0 Å². The molecule has 1 aliphatic heterocycles. The Bertz CT molecular complexity index is 239. The molecule has 1 fully saturated rings. The van der Waals surface area contributed by atoms with Crippen molar-refractivity contribution >= 4 is 30.7 Å². The van der Waals surface area contributed by atoms with E-state index in [0.29, 0.717) is 5.92 Å². The fraction of sp³-hybridized carbons (Fsp3) is 0.917. The van der Waals surface area contributed by atoms with Crippen molar-refractivity contribution in [2.24, 2.45) is 17.6 Å². The summed E-state index contributed by atoms with van der Waals surface area (Å²) in [4.78, 5) is 14.1. The summed E-state index contributed by atoms with van der Waals surface area (Å²) in [5.41, 5.74) is 5.70. The number of halogens is 2. The Morgan fingerprint density at radius 2 is 2.06 bits per heavy atom. The van der Waals surface area contributed by atoms with Gasteiger partial charge in [0.1, 0.15) is 0 Å². The van der Waals surface area contributed by atoms with Gasteiger partial charge in [0.15, 0.2) is 0 Å². The first kappa shape index (κ1) is 20.3. The third-order valence-corrected chi connectivity index (χ3v) is 3.58. The molecule has 0 bridgehead atoms. The lowest BCUT2D eigenvalue weighted by Crippen LogP contribution is -2.40. The molecule has 0 spiro atoms. The molecule has 0 aromatic rings. The van der Waals surface area contributed by atoms with Crippen molar-refractivity contribution in [2.45, 2.75) is 33.2 Å². The Balaban J connectivity index is 0. The van der Waals surface area contributed by atoms with Crippen molar-refractivity contribution in [2.75, 3.05) is 26.2 Å². The predicted molar refractivity (Wildman–Crippen MR) is 80.5 cm³/mol. The molecule has 1 rings (SSSR count). The van der Waals surface area contributed by atoms with E-state index in [4.69, 9.17) is 5.73 Å². The van der Waals surface area contributed by atoms with Crippen molar-refractivity contribution in [3.63, 3.8) is 0 Å². The van der Waals surface area contributed by atoms with Crippen LogP contribution in [-0.4, -0.2) is 43.0 Å². The molecule has 6 heteroatoms. The molecule has 1 saturated heterocycles. The zero-order valence-electron chi connectivity index (χ0n) is 11.5. The van der Waals surface area contributed by atoms with E-state index < -0.39 is 0 Å². The molecule has 0 saturated carbocycles. The third-order valence-electron chi connectivity index (χ3n) is 3.58.